The first-order chi connectivity index (χ1) is 11.3. The van der Waals surface area contributed by atoms with Crippen LogP contribution < -0.4 is 11.1 Å². The second-order valence-corrected chi connectivity index (χ2v) is 7.71. The largest absolute Gasteiger partial charge is 0.469 e. The molecule has 146 valence electrons. The van der Waals surface area contributed by atoms with Gasteiger partial charge in [0.15, 0.2) is 0 Å². The van der Waals surface area contributed by atoms with Crippen molar-refractivity contribution in [3.8, 4) is 0 Å². The highest BCUT2D eigenvalue weighted by Gasteiger charge is 2.32. The molecule has 0 aliphatic rings. The van der Waals surface area contributed by atoms with Crippen molar-refractivity contribution < 1.29 is 28.6 Å². The molecule has 0 aromatic rings. The summed E-state index contributed by atoms with van der Waals surface area (Å²) >= 11 is 0. The van der Waals surface area contributed by atoms with Gasteiger partial charge in [-0.3, -0.25) is 4.79 Å². The highest BCUT2D eigenvalue weighted by atomic mass is 16.6. The zero-order valence-corrected chi connectivity index (χ0v) is 16.3. The summed E-state index contributed by atoms with van der Waals surface area (Å²) in [5.41, 5.74) is 4.78. The standard InChI is InChI=1S/C17H32N2O6/c1-16(2,3)25-15(22)19-12(14(21)24-7)10-11(13(20)23-6)8-9-17(4,5)18/h11-12H,8-10,18H2,1-7H3,(H,19,22). The van der Waals surface area contributed by atoms with E-state index in [1.54, 1.807) is 20.8 Å². The van der Waals surface area contributed by atoms with Gasteiger partial charge < -0.3 is 25.3 Å². The number of rotatable bonds is 8. The molecule has 8 heteroatoms. The molecule has 0 aliphatic carbocycles. The summed E-state index contributed by atoms with van der Waals surface area (Å²) in [4.78, 5) is 36.0. The number of carbonyl (C=O) groups is 3. The number of carbonyl (C=O) groups excluding carboxylic acids is 3. The van der Waals surface area contributed by atoms with Crippen LogP contribution >= 0.6 is 0 Å². The predicted molar refractivity (Wildman–Crippen MR) is 92.8 cm³/mol. The Bertz CT molecular complexity index is 465. The lowest BCUT2D eigenvalue weighted by atomic mass is 9.89. The molecule has 0 aromatic carbocycles. The van der Waals surface area contributed by atoms with Crippen LogP contribution in [0.1, 0.15) is 53.9 Å². The molecule has 1 amide bonds. The molecule has 0 aliphatic heterocycles. The Kier molecular flexibility index (Phi) is 8.90. The molecule has 25 heavy (non-hydrogen) atoms. The average molecular weight is 360 g/mol. The molecule has 0 bridgehead atoms. The van der Waals surface area contributed by atoms with E-state index in [9.17, 15) is 14.4 Å². The van der Waals surface area contributed by atoms with E-state index in [-0.39, 0.29) is 6.42 Å². The average Bonchev–Trinajstić information content (AvgIpc) is 2.45. The highest BCUT2D eigenvalue weighted by Crippen LogP contribution is 2.21. The van der Waals surface area contributed by atoms with Crippen molar-refractivity contribution in [3.63, 3.8) is 0 Å². The van der Waals surface area contributed by atoms with Crippen LogP contribution in [0.25, 0.3) is 0 Å². The maximum absolute atomic E-state index is 12.0. The van der Waals surface area contributed by atoms with Crippen LogP contribution in [0.2, 0.25) is 0 Å². The first kappa shape index (κ1) is 23.2. The molecule has 3 N–H and O–H groups in total. The van der Waals surface area contributed by atoms with Crippen LogP contribution in [-0.2, 0) is 23.8 Å². The highest BCUT2D eigenvalue weighted by molar-refractivity contribution is 5.82. The summed E-state index contributed by atoms with van der Waals surface area (Å²) in [6.45, 7) is 8.82. The van der Waals surface area contributed by atoms with Gasteiger partial charge in [0.05, 0.1) is 20.1 Å². The molecule has 2 atom stereocenters. The Labute approximate surface area is 149 Å². The first-order valence-electron chi connectivity index (χ1n) is 8.23. The first-order valence-corrected chi connectivity index (χ1v) is 8.23. The topological polar surface area (TPSA) is 117 Å². The fourth-order valence-electron chi connectivity index (χ4n) is 2.14. The maximum atomic E-state index is 12.0. The van der Waals surface area contributed by atoms with E-state index in [4.69, 9.17) is 19.9 Å². The van der Waals surface area contributed by atoms with Crippen LogP contribution in [0.5, 0.6) is 0 Å². The van der Waals surface area contributed by atoms with Crippen molar-refractivity contribution >= 4 is 18.0 Å². The van der Waals surface area contributed by atoms with E-state index in [0.717, 1.165) is 0 Å². The minimum atomic E-state index is -1.02. The Morgan fingerprint density at radius 2 is 1.52 bits per heavy atom. The third-order valence-corrected chi connectivity index (χ3v) is 3.37. The second kappa shape index (κ2) is 9.60. The van der Waals surface area contributed by atoms with E-state index in [1.165, 1.54) is 14.2 Å². The minimum Gasteiger partial charge on any atom is -0.469 e. The van der Waals surface area contributed by atoms with Gasteiger partial charge >= 0.3 is 18.0 Å². The second-order valence-electron chi connectivity index (χ2n) is 7.71. The van der Waals surface area contributed by atoms with E-state index < -0.39 is 41.1 Å². The van der Waals surface area contributed by atoms with Gasteiger partial charge in [-0.15, -0.1) is 0 Å². The van der Waals surface area contributed by atoms with Crippen molar-refractivity contribution in [2.24, 2.45) is 11.7 Å². The van der Waals surface area contributed by atoms with Crippen molar-refractivity contribution in [1.29, 1.82) is 0 Å². The number of amides is 1. The third kappa shape index (κ3) is 10.6. The number of esters is 2. The summed E-state index contributed by atoms with van der Waals surface area (Å²) in [5.74, 6) is -1.73. The number of hydrogen-bond acceptors (Lipinski definition) is 7. The zero-order chi connectivity index (χ0) is 19.8. The van der Waals surface area contributed by atoms with E-state index in [1.807, 2.05) is 13.8 Å². The number of ether oxygens (including phenoxy) is 3. The molecule has 0 aromatic heterocycles. The zero-order valence-electron chi connectivity index (χ0n) is 16.3. The summed E-state index contributed by atoms with van der Waals surface area (Å²) in [6, 6.07) is -1.02. The smallest absolute Gasteiger partial charge is 0.408 e. The van der Waals surface area contributed by atoms with Crippen molar-refractivity contribution in [1.82, 2.24) is 5.32 Å². The van der Waals surface area contributed by atoms with Gasteiger partial charge in [0.25, 0.3) is 0 Å². The summed E-state index contributed by atoms with van der Waals surface area (Å²) in [6.07, 6.45) is 0.243. The molecule has 0 saturated carbocycles. The van der Waals surface area contributed by atoms with E-state index >= 15 is 0 Å². The number of nitrogens with one attached hydrogen (secondary N) is 1. The summed E-state index contributed by atoms with van der Waals surface area (Å²) < 4.78 is 14.7. The number of alkyl carbamates (subject to hydrolysis) is 1. The van der Waals surface area contributed by atoms with Gasteiger partial charge in [-0.05, 0) is 53.9 Å². The molecule has 0 fully saturated rings. The molecule has 0 rings (SSSR count). The lowest BCUT2D eigenvalue weighted by Gasteiger charge is -2.26. The predicted octanol–water partition coefficient (Wildman–Crippen LogP) is 1.75. The minimum absolute atomic E-state index is 0.0364. The van der Waals surface area contributed by atoms with Gasteiger partial charge in [0, 0.05) is 5.54 Å². The van der Waals surface area contributed by atoms with Gasteiger partial charge in [0.2, 0.25) is 0 Å². The lowest BCUT2D eigenvalue weighted by Crippen LogP contribution is -2.46. The monoisotopic (exact) mass is 360 g/mol. The van der Waals surface area contributed by atoms with Crippen molar-refractivity contribution in [2.75, 3.05) is 14.2 Å². The SMILES string of the molecule is COC(=O)C(CCC(C)(C)N)CC(NC(=O)OC(C)(C)C)C(=O)OC. The maximum Gasteiger partial charge on any atom is 0.408 e. The van der Waals surface area contributed by atoms with Crippen LogP contribution in [0.15, 0.2) is 0 Å². The molecule has 8 nitrogen and oxygen atoms in total. The van der Waals surface area contributed by atoms with Crippen LogP contribution in [0, 0.1) is 5.92 Å². The quantitative estimate of drug-likeness (QED) is 0.500. The van der Waals surface area contributed by atoms with E-state index in [2.05, 4.69) is 5.32 Å². The number of nitrogens with two attached hydrogens (primary N) is 1. The van der Waals surface area contributed by atoms with Gasteiger partial charge in [-0.25, -0.2) is 9.59 Å². The molecular formula is C17H32N2O6. The molecular weight excluding hydrogens is 328 g/mol. The fourth-order valence-corrected chi connectivity index (χ4v) is 2.14. The van der Waals surface area contributed by atoms with Gasteiger partial charge in [-0.2, -0.15) is 0 Å². The Morgan fingerprint density at radius 1 is 1.00 bits per heavy atom. The van der Waals surface area contributed by atoms with Crippen LogP contribution in [0.3, 0.4) is 0 Å². The third-order valence-electron chi connectivity index (χ3n) is 3.37. The van der Waals surface area contributed by atoms with E-state index in [0.29, 0.717) is 12.8 Å². The molecule has 0 saturated heterocycles. The van der Waals surface area contributed by atoms with Crippen LogP contribution in [0.4, 0.5) is 4.79 Å². The number of methoxy groups -OCH3 is 2. The van der Waals surface area contributed by atoms with Gasteiger partial charge in [-0.1, -0.05) is 0 Å². The van der Waals surface area contributed by atoms with Crippen LogP contribution in [-0.4, -0.2) is 49.4 Å². The summed E-state index contributed by atoms with van der Waals surface area (Å²) in [7, 11) is 2.49. The molecule has 0 spiro atoms. The Morgan fingerprint density at radius 3 is 1.92 bits per heavy atom. The normalized spacial score (nSPS) is 14.2. The number of hydrogen-bond donors (Lipinski definition) is 2. The molecule has 0 heterocycles. The van der Waals surface area contributed by atoms with Crippen molar-refractivity contribution in [3.05, 3.63) is 0 Å². The van der Waals surface area contributed by atoms with Crippen molar-refractivity contribution in [2.45, 2.75) is 71.1 Å². The Balaban J connectivity index is 5.12. The lowest BCUT2D eigenvalue weighted by molar-refractivity contribution is -0.148. The molecule has 2 unspecified atom stereocenters. The fraction of sp³-hybridized carbons (Fsp3) is 0.824. The molecule has 0 radical (unpaired) electrons. The summed E-state index contributed by atoms with van der Waals surface area (Å²) in [5, 5.41) is 2.46. The van der Waals surface area contributed by atoms with Gasteiger partial charge in [0.1, 0.15) is 11.6 Å². The Hall–Kier alpha value is -1.83.